The van der Waals surface area contributed by atoms with Crippen molar-refractivity contribution < 1.29 is 42.1 Å². The Labute approximate surface area is 272 Å². The number of amides is 1. The van der Waals surface area contributed by atoms with E-state index in [1.165, 1.54) is 26.4 Å². The zero-order valence-corrected chi connectivity index (χ0v) is 26.7. The number of hydrogen-bond acceptors (Lipinski definition) is 10. The molecule has 248 valence electrons. The van der Waals surface area contributed by atoms with E-state index in [1.807, 2.05) is 24.3 Å². The molecule has 0 saturated carbocycles. The van der Waals surface area contributed by atoms with Crippen LogP contribution in [0.15, 0.2) is 89.5 Å². The number of imidazole rings is 1. The van der Waals surface area contributed by atoms with Crippen molar-refractivity contribution in [2.75, 3.05) is 40.5 Å². The Hall–Kier alpha value is -4.76. The zero-order valence-electron chi connectivity index (χ0n) is 25.9. The molecule has 13 nitrogen and oxygen atoms in total. The second-order valence-corrected chi connectivity index (χ2v) is 12.5. The number of nitrogens with one attached hydrogen (secondary N) is 2. The number of aromatic amines is 1. The Bertz CT molecular complexity index is 1790. The predicted molar refractivity (Wildman–Crippen MR) is 171 cm³/mol. The topological polar surface area (TPSA) is 169 Å². The summed E-state index contributed by atoms with van der Waals surface area (Å²) in [6.07, 6.45) is 1.09. The van der Waals surface area contributed by atoms with Gasteiger partial charge in [-0.05, 0) is 60.2 Å². The normalized spacial score (nSPS) is 16.4. The van der Waals surface area contributed by atoms with Gasteiger partial charge in [-0.3, -0.25) is 4.79 Å². The molecule has 2 heterocycles. The molecule has 1 amide bonds. The third-order valence-electron chi connectivity index (χ3n) is 7.59. The molecule has 0 fully saturated rings. The van der Waals surface area contributed by atoms with E-state index in [-0.39, 0.29) is 42.8 Å². The maximum Gasteiger partial charge on any atom is 0.337 e. The van der Waals surface area contributed by atoms with Crippen LogP contribution >= 0.6 is 0 Å². The predicted octanol–water partition coefficient (Wildman–Crippen LogP) is 3.09. The third kappa shape index (κ3) is 8.16. The van der Waals surface area contributed by atoms with Crippen LogP contribution in [0.1, 0.15) is 34.1 Å². The molecule has 47 heavy (non-hydrogen) atoms. The van der Waals surface area contributed by atoms with Gasteiger partial charge in [0.05, 0.1) is 55.5 Å². The molecule has 5 rings (SSSR count). The molecule has 3 N–H and O–H groups in total. The van der Waals surface area contributed by atoms with Crippen LogP contribution in [0.4, 0.5) is 0 Å². The van der Waals surface area contributed by atoms with Gasteiger partial charge in [0, 0.05) is 25.4 Å². The first-order valence-electron chi connectivity index (χ1n) is 14.9. The number of hydrogen-bond donors (Lipinski definition) is 3. The van der Waals surface area contributed by atoms with E-state index < -0.39 is 34.8 Å². The lowest BCUT2D eigenvalue weighted by Gasteiger charge is -2.30. The molecule has 14 heteroatoms. The average molecular weight is 665 g/mol. The van der Waals surface area contributed by atoms with Crippen molar-refractivity contribution in [1.82, 2.24) is 19.6 Å². The van der Waals surface area contributed by atoms with Crippen molar-refractivity contribution in [2.45, 2.75) is 30.1 Å². The highest BCUT2D eigenvalue weighted by atomic mass is 32.2. The van der Waals surface area contributed by atoms with Crippen molar-refractivity contribution in [3.05, 3.63) is 102 Å². The fourth-order valence-corrected chi connectivity index (χ4v) is 6.54. The number of sulfonamides is 1. The number of para-hydroxylation sites is 2. The number of esters is 1. The van der Waals surface area contributed by atoms with E-state index in [1.54, 1.807) is 42.5 Å². The largest absolute Gasteiger partial charge is 0.497 e. The molecule has 0 bridgehead atoms. The van der Waals surface area contributed by atoms with Crippen LogP contribution in [-0.2, 0) is 35.6 Å². The maximum absolute atomic E-state index is 13.3. The second-order valence-electron chi connectivity index (χ2n) is 10.6. The number of H-pyrrole nitrogens is 1. The SMILES string of the molecule is COC(=O)c1ccc([C@H]2C=C(C(=O)NCc3nc4ccccc4[nH]3)O[C@@H](OCCN(CCO)S(=O)(=O)c3ccc(OC)cc3)C2)cc1. The molecule has 2 atom stereocenters. The minimum absolute atomic E-state index is 0.0254. The molecule has 3 aromatic carbocycles. The standard InChI is InChI=1S/C33H36N4O9S/c1-43-25-11-13-26(14-12-25)47(41,42)37(15-17-38)16-18-45-31-20-24(22-7-9-23(10-8-22)33(40)44-2)19-29(46-31)32(39)34-21-30-35-27-5-3-4-6-28(27)36-30/h3-14,19,24,31,38H,15-18,20-21H2,1-2H3,(H,34,39)(H,35,36)/t24-,31+/m0/s1. The Morgan fingerprint density at radius 2 is 1.79 bits per heavy atom. The summed E-state index contributed by atoms with van der Waals surface area (Å²) in [6, 6.07) is 20.3. The van der Waals surface area contributed by atoms with Gasteiger partial charge < -0.3 is 34.4 Å². The van der Waals surface area contributed by atoms with Crippen LogP contribution in [0.25, 0.3) is 11.0 Å². The summed E-state index contributed by atoms with van der Waals surface area (Å²) in [5, 5.41) is 12.4. The molecule has 0 unspecified atom stereocenters. The van der Waals surface area contributed by atoms with Gasteiger partial charge in [0.15, 0.2) is 5.76 Å². The van der Waals surface area contributed by atoms with Crippen molar-refractivity contribution in [3.63, 3.8) is 0 Å². The van der Waals surface area contributed by atoms with Crippen molar-refractivity contribution >= 4 is 32.9 Å². The van der Waals surface area contributed by atoms with Crippen LogP contribution in [0, 0.1) is 0 Å². The number of allylic oxidation sites excluding steroid dienone is 1. The molecule has 4 aromatic rings. The first-order valence-corrected chi connectivity index (χ1v) is 16.3. The van der Waals surface area contributed by atoms with E-state index in [4.69, 9.17) is 18.9 Å². The molecular weight excluding hydrogens is 628 g/mol. The lowest BCUT2D eigenvalue weighted by Crippen LogP contribution is -2.38. The molecule has 1 aromatic heterocycles. The molecule has 1 aliphatic heterocycles. The number of aromatic nitrogens is 2. The molecule has 1 aliphatic rings. The summed E-state index contributed by atoms with van der Waals surface area (Å²) in [6.45, 7) is -0.574. The number of ether oxygens (including phenoxy) is 4. The molecule has 0 radical (unpaired) electrons. The summed E-state index contributed by atoms with van der Waals surface area (Å²) in [5.74, 6) is -0.181. The van der Waals surface area contributed by atoms with Crippen molar-refractivity contribution in [2.24, 2.45) is 0 Å². The second kappa shape index (κ2) is 15.2. The average Bonchev–Trinajstić information content (AvgIpc) is 3.53. The lowest BCUT2D eigenvalue weighted by atomic mass is 9.92. The van der Waals surface area contributed by atoms with Gasteiger partial charge in [-0.15, -0.1) is 0 Å². The fourth-order valence-electron chi connectivity index (χ4n) is 5.12. The quantitative estimate of drug-likeness (QED) is 0.170. The van der Waals surface area contributed by atoms with Crippen LogP contribution in [0.2, 0.25) is 0 Å². The zero-order chi connectivity index (χ0) is 33.4. The highest BCUT2D eigenvalue weighted by Gasteiger charge is 2.30. The van der Waals surface area contributed by atoms with Gasteiger partial charge in [0.2, 0.25) is 16.3 Å². The van der Waals surface area contributed by atoms with Gasteiger partial charge >= 0.3 is 5.97 Å². The number of methoxy groups -OCH3 is 2. The Morgan fingerprint density at radius 3 is 2.47 bits per heavy atom. The molecular formula is C33H36N4O9S. The number of carbonyl (C=O) groups excluding carboxylic acids is 2. The van der Waals surface area contributed by atoms with E-state index in [0.717, 1.165) is 20.9 Å². The fraction of sp³-hybridized carbons (Fsp3) is 0.303. The summed E-state index contributed by atoms with van der Waals surface area (Å²) in [4.78, 5) is 33.0. The molecule has 0 spiro atoms. The monoisotopic (exact) mass is 664 g/mol. The number of aliphatic hydroxyl groups excluding tert-OH is 1. The third-order valence-corrected chi connectivity index (χ3v) is 9.50. The number of fused-ring (bicyclic) bond motifs is 1. The molecule has 0 saturated heterocycles. The highest BCUT2D eigenvalue weighted by molar-refractivity contribution is 7.89. The summed E-state index contributed by atoms with van der Waals surface area (Å²) in [7, 11) is -1.16. The van der Waals surface area contributed by atoms with E-state index in [9.17, 15) is 23.1 Å². The van der Waals surface area contributed by atoms with E-state index in [2.05, 4.69) is 15.3 Å². The van der Waals surface area contributed by atoms with E-state index >= 15 is 0 Å². The molecule has 0 aliphatic carbocycles. The summed E-state index contributed by atoms with van der Waals surface area (Å²) in [5.41, 5.74) is 2.81. The highest BCUT2D eigenvalue weighted by Crippen LogP contribution is 2.32. The summed E-state index contributed by atoms with van der Waals surface area (Å²) >= 11 is 0. The number of aliphatic hydroxyl groups is 1. The number of nitrogens with zero attached hydrogens (tertiary/aromatic N) is 2. The van der Waals surface area contributed by atoms with Crippen molar-refractivity contribution in [3.8, 4) is 5.75 Å². The number of rotatable bonds is 14. The maximum atomic E-state index is 13.3. The first-order chi connectivity index (χ1) is 22.7. The van der Waals surface area contributed by atoms with E-state index in [0.29, 0.717) is 23.6 Å². The number of benzene rings is 3. The first kappa shape index (κ1) is 33.6. The van der Waals surface area contributed by atoms with Gasteiger partial charge in [0.1, 0.15) is 11.6 Å². The Morgan fingerprint density at radius 1 is 1.04 bits per heavy atom. The minimum atomic E-state index is -3.95. The Balaban J connectivity index is 1.29. The van der Waals surface area contributed by atoms with Crippen LogP contribution in [-0.4, -0.2) is 86.5 Å². The van der Waals surface area contributed by atoms with Crippen LogP contribution in [0.5, 0.6) is 5.75 Å². The number of carbonyl (C=O) groups is 2. The Kier molecular flexibility index (Phi) is 10.9. The van der Waals surface area contributed by atoms with Crippen LogP contribution in [0.3, 0.4) is 0 Å². The van der Waals surface area contributed by atoms with Gasteiger partial charge in [-0.25, -0.2) is 18.2 Å². The minimum Gasteiger partial charge on any atom is -0.497 e. The smallest absolute Gasteiger partial charge is 0.337 e. The van der Waals surface area contributed by atoms with Crippen molar-refractivity contribution in [1.29, 1.82) is 0 Å². The van der Waals surface area contributed by atoms with Gasteiger partial charge in [-0.2, -0.15) is 4.31 Å². The van der Waals surface area contributed by atoms with Gasteiger partial charge in [-0.1, -0.05) is 24.3 Å². The summed E-state index contributed by atoms with van der Waals surface area (Å²) < 4.78 is 49.6. The van der Waals surface area contributed by atoms with Crippen LogP contribution < -0.4 is 10.1 Å². The lowest BCUT2D eigenvalue weighted by molar-refractivity contribution is -0.146. The van der Waals surface area contributed by atoms with Gasteiger partial charge in [0.25, 0.3) is 5.91 Å².